The molecular weight excluding hydrogens is 321 g/mol. The summed E-state index contributed by atoms with van der Waals surface area (Å²) in [6, 6.07) is 4.89. The number of imidazole rings is 1. The van der Waals surface area contributed by atoms with Crippen LogP contribution in [0.1, 0.15) is 29.6 Å². The summed E-state index contributed by atoms with van der Waals surface area (Å²) < 4.78 is 39.4. The highest BCUT2D eigenvalue weighted by Crippen LogP contribution is 2.27. The van der Waals surface area contributed by atoms with Gasteiger partial charge in [0.15, 0.2) is 10.8 Å². The Balaban J connectivity index is 1.77. The number of carbonyl (C=O) groups excluding carboxylic acids is 1. The van der Waals surface area contributed by atoms with Crippen molar-refractivity contribution in [1.82, 2.24) is 14.3 Å². The van der Waals surface area contributed by atoms with Crippen LogP contribution in [0.25, 0.3) is 0 Å². The maximum absolute atomic E-state index is 12.9. The molecule has 0 spiro atoms. The number of aromatic amines is 1. The molecule has 0 saturated carbocycles. The normalized spacial score (nSPS) is 19.1. The number of nitrogens with zero attached hydrogens (tertiary/aromatic N) is 2. The van der Waals surface area contributed by atoms with E-state index in [1.807, 2.05) is 0 Å². The largest absolute Gasteiger partial charge is 0.335 e. The standard InChI is InChI=1S/C15H16FN3O3S/c16-12-5-3-11(4-6-12)14(20)8-13-2-1-7-19(13)23(21,22)15-9-17-10-18-15/h3-6,9-10,13H,1-2,7-8H2,(H,17,18). The van der Waals surface area contributed by atoms with E-state index in [2.05, 4.69) is 9.97 Å². The zero-order chi connectivity index (χ0) is 16.4. The van der Waals surface area contributed by atoms with Crippen LogP contribution in [0.3, 0.4) is 0 Å². The third-order valence-electron chi connectivity index (χ3n) is 3.97. The lowest BCUT2D eigenvalue weighted by Gasteiger charge is -2.22. The predicted molar refractivity (Wildman–Crippen MR) is 80.8 cm³/mol. The molecule has 1 N–H and O–H groups in total. The molecule has 1 aromatic carbocycles. The first kappa shape index (κ1) is 15.8. The van der Waals surface area contributed by atoms with Gasteiger partial charge in [0.25, 0.3) is 10.0 Å². The fraction of sp³-hybridized carbons (Fsp3) is 0.333. The molecule has 2 aromatic rings. The fourth-order valence-corrected chi connectivity index (χ4v) is 4.40. The van der Waals surface area contributed by atoms with E-state index < -0.39 is 15.8 Å². The number of aromatic nitrogens is 2. The molecule has 23 heavy (non-hydrogen) atoms. The lowest BCUT2D eigenvalue weighted by atomic mass is 10.0. The number of H-pyrrole nitrogens is 1. The SMILES string of the molecule is O=C(CC1CCCN1S(=O)(=O)c1cnc[nH]1)c1ccc(F)cc1. The van der Waals surface area contributed by atoms with Crippen LogP contribution in [0, 0.1) is 5.82 Å². The molecule has 1 fully saturated rings. The number of hydrogen-bond donors (Lipinski definition) is 1. The van der Waals surface area contributed by atoms with Crippen molar-refractivity contribution < 1.29 is 17.6 Å². The van der Waals surface area contributed by atoms with Crippen LogP contribution in [0.2, 0.25) is 0 Å². The van der Waals surface area contributed by atoms with Crippen LogP contribution in [-0.2, 0) is 10.0 Å². The van der Waals surface area contributed by atoms with Crippen molar-refractivity contribution in [3.8, 4) is 0 Å². The summed E-state index contributed by atoms with van der Waals surface area (Å²) in [5.74, 6) is -0.604. The summed E-state index contributed by atoms with van der Waals surface area (Å²) >= 11 is 0. The van der Waals surface area contributed by atoms with Crippen molar-refractivity contribution >= 4 is 15.8 Å². The lowest BCUT2D eigenvalue weighted by molar-refractivity contribution is 0.0961. The summed E-state index contributed by atoms with van der Waals surface area (Å²) in [4.78, 5) is 18.6. The molecule has 122 valence electrons. The van der Waals surface area contributed by atoms with Gasteiger partial charge < -0.3 is 4.98 Å². The molecule has 1 unspecified atom stereocenters. The molecule has 1 aromatic heterocycles. The van der Waals surface area contributed by atoms with Gasteiger partial charge in [-0.3, -0.25) is 4.79 Å². The van der Waals surface area contributed by atoms with Gasteiger partial charge in [0.1, 0.15) is 5.82 Å². The molecule has 2 heterocycles. The Morgan fingerprint density at radius 3 is 2.74 bits per heavy atom. The molecular formula is C15H16FN3O3S. The molecule has 1 aliphatic rings. The first-order chi connectivity index (χ1) is 11.0. The minimum absolute atomic E-state index is 0.0265. The Hall–Kier alpha value is -2.06. The van der Waals surface area contributed by atoms with Gasteiger partial charge in [-0.25, -0.2) is 17.8 Å². The van der Waals surface area contributed by atoms with E-state index in [0.717, 1.165) is 0 Å². The number of hydrogen-bond acceptors (Lipinski definition) is 4. The topological polar surface area (TPSA) is 83.1 Å². The molecule has 1 atom stereocenters. The van der Waals surface area contributed by atoms with E-state index in [9.17, 15) is 17.6 Å². The van der Waals surface area contributed by atoms with Gasteiger partial charge in [-0.15, -0.1) is 0 Å². The van der Waals surface area contributed by atoms with Gasteiger partial charge in [0.05, 0.1) is 12.5 Å². The number of rotatable bonds is 5. The zero-order valence-corrected chi connectivity index (χ0v) is 13.1. The highest BCUT2D eigenvalue weighted by atomic mass is 32.2. The maximum atomic E-state index is 12.9. The number of halogens is 1. The number of nitrogens with one attached hydrogen (secondary N) is 1. The van der Waals surface area contributed by atoms with E-state index in [1.165, 1.54) is 41.1 Å². The van der Waals surface area contributed by atoms with E-state index in [1.54, 1.807) is 0 Å². The second-order valence-electron chi connectivity index (χ2n) is 5.46. The molecule has 0 aliphatic carbocycles. The van der Waals surface area contributed by atoms with Gasteiger partial charge >= 0.3 is 0 Å². The number of Topliss-reactive ketones (excluding diaryl/α,β-unsaturated/α-hetero) is 1. The monoisotopic (exact) mass is 337 g/mol. The maximum Gasteiger partial charge on any atom is 0.260 e. The first-order valence-electron chi connectivity index (χ1n) is 7.27. The first-order valence-corrected chi connectivity index (χ1v) is 8.71. The molecule has 1 aliphatic heterocycles. The third-order valence-corrected chi connectivity index (χ3v) is 5.85. The molecule has 0 bridgehead atoms. The van der Waals surface area contributed by atoms with Crippen molar-refractivity contribution in [3.63, 3.8) is 0 Å². The van der Waals surface area contributed by atoms with Gasteiger partial charge in [0.2, 0.25) is 0 Å². The van der Waals surface area contributed by atoms with Crippen molar-refractivity contribution in [2.45, 2.75) is 30.3 Å². The summed E-state index contributed by atoms with van der Waals surface area (Å²) in [5.41, 5.74) is 0.386. The Bertz CT molecular complexity index is 788. The second kappa shape index (κ2) is 6.21. The van der Waals surface area contributed by atoms with E-state index >= 15 is 0 Å². The van der Waals surface area contributed by atoms with Crippen LogP contribution in [0.15, 0.2) is 41.8 Å². The van der Waals surface area contributed by atoms with Gasteiger partial charge in [0, 0.05) is 24.6 Å². The molecule has 8 heteroatoms. The molecule has 0 radical (unpaired) electrons. The van der Waals surface area contributed by atoms with Crippen molar-refractivity contribution in [2.75, 3.05) is 6.54 Å². The molecule has 0 amide bonds. The Labute approximate surface area is 133 Å². The summed E-state index contributed by atoms with van der Waals surface area (Å²) in [7, 11) is -3.68. The van der Waals surface area contributed by atoms with Crippen molar-refractivity contribution in [2.24, 2.45) is 0 Å². The smallest absolute Gasteiger partial charge is 0.260 e. The summed E-state index contributed by atoms with van der Waals surface area (Å²) in [5, 5.41) is 0.0265. The summed E-state index contributed by atoms with van der Waals surface area (Å²) in [6.07, 6.45) is 3.97. The van der Waals surface area contributed by atoms with Gasteiger partial charge in [-0.2, -0.15) is 4.31 Å². The predicted octanol–water partition coefficient (Wildman–Crippen LogP) is 1.97. The van der Waals surface area contributed by atoms with Crippen LogP contribution >= 0.6 is 0 Å². The fourth-order valence-electron chi connectivity index (χ4n) is 2.81. The van der Waals surface area contributed by atoms with E-state index in [4.69, 9.17) is 0 Å². The molecule has 1 saturated heterocycles. The second-order valence-corrected chi connectivity index (χ2v) is 7.32. The van der Waals surface area contributed by atoms with Crippen LogP contribution < -0.4 is 0 Å². The Kier molecular flexibility index (Phi) is 4.27. The quantitative estimate of drug-likeness (QED) is 0.846. The van der Waals surface area contributed by atoms with Crippen LogP contribution in [-0.4, -0.2) is 41.1 Å². The molecule has 3 rings (SSSR count). The van der Waals surface area contributed by atoms with Crippen molar-refractivity contribution in [3.05, 3.63) is 48.2 Å². The van der Waals surface area contributed by atoms with Crippen molar-refractivity contribution in [1.29, 1.82) is 0 Å². The number of benzene rings is 1. The van der Waals surface area contributed by atoms with E-state index in [0.29, 0.717) is 24.9 Å². The minimum atomic E-state index is -3.68. The summed E-state index contributed by atoms with van der Waals surface area (Å²) in [6.45, 7) is 0.378. The highest BCUT2D eigenvalue weighted by Gasteiger charge is 2.37. The Morgan fingerprint density at radius 1 is 1.35 bits per heavy atom. The number of ketones is 1. The Morgan fingerprint density at radius 2 is 2.09 bits per heavy atom. The average Bonchev–Trinajstić information content (AvgIpc) is 3.19. The lowest BCUT2D eigenvalue weighted by Crippen LogP contribution is -2.37. The average molecular weight is 337 g/mol. The molecule has 6 nitrogen and oxygen atoms in total. The number of carbonyl (C=O) groups is 1. The number of sulfonamides is 1. The van der Waals surface area contributed by atoms with Crippen LogP contribution in [0.5, 0.6) is 0 Å². The van der Waals surface area contributed by atoms with Gasteiger partial charge in [-0.1, -0.05) is 0 Å². The van der Waals surface area contributed by atoms with Gasteiger partial charge in [-0.05, 0) is 37.1 Å². The zero-order valence-electron chi connectivity index (χ0n) is 12.3. The third kappa shape index (κ3) is 3.18. The van der Waals surface area contributed by atoms with Crippen LogP contribution in [0.4, 0.5) is 4.39 Å². The minimum Gasteiger partial charge on any atom is -0.335 e. The van der Waals surface area contributed by atoms with E-state index in [-0.39, 0.29) is 23.3 Å². The highest BCUT2D eigenvalue weighted by molar-refractivity contribution is 7.89.